The van der Waals surface area contributed by atoms with Gasteiger partial charge in [-0.3, -0.25) is 4.79 Å². The van der Waals surface area contributed by atoms with Gasteiger partial charge < -0.3 is 20.7 Å². The van der Waals surface area contributed by atoms with Crippen molar-refractivity contribution < 1.29 is 9.53 Å². The van der Waals surface area contributed by atoms with E-state index in [-0.39, 0.29) is 5.11 Å². The maximum absolute atomic E-state index is 12.4. The lowest BCUT2D eigenvalue weighted by molar-refractivity contribution is 0.0934. The monoisotopic (exact) mass is 587 g/mol. The fourth-order valence-corrected chi connectivity index (χ4v) is 3.96. The van der Waals surface area contributed by atoms with Crippen LogP contribution in [0.2, 0.25) is 0 Å². The minimum Gasteiger partial charge on any atom is -0.497 e. The van der Waals surface area contributed by atoms with Crippen molar-refractivity contribution in [3.05, 3.63) is 57.0 Å². The molecule has 5 nitrogen and oxygen atoms in total. The smallest absolute Gasteiger partial charge is 0.252 e. The lowest BCUT2D eigenvalue weighted by Crippen LogP contribution is -2.56. The Kier molecular flexibility index (Phi) is 8.66. The van der Waals surface area contributed by atoms with Gasteiger partial charge in [0.05, 0.1) is 12.8 Å². The SMILES string of the molecule is COc1cc(Br)c(NC(=S)NC(NC(=O)c2ccccc2)C(Cl)(Cl)Cl)c(Br)c1. The maximum atomic E-state index is 12.4. The van der Waals surface area contributed by atoms with Crippen LogP contribution in [0.4, 0.5) is 5.69 Å². The lowest BCUT2D eigenvalue weighted by Gasteiger charge is -2.28. The zero-order chi connectivity index (χ0) is 20.9. The molecule has 0 heterocycles. The summed E-state index contributed by atoms with van der Waals surface area (Å²) in [7, 11) is 1.56. The molecule has 0 aliphatic rings. The first-order valence-electron chi connectivity index (χ1n) is 7.65. The third-order valence-corrected chi connectivity index (χ3v) is 5.53. The average molecular weight is 591 g/mol. The molecule has 1 unspecified atom stereocenters. The molecule has 0 saturated carbocycles. The number of halogens is 5. The van der Waals surface area contributed by atoms with Crippen LogP contribution >= 0.6 is 78.9 Å². The van der Waals surface area contributed by atoms with Crippen molar-refractivity contribution in [3.63, 3.8) is 0 Å². The first kappa shape index (κ1) is 23.5. The molecule has 1 atom stereocenters. The number of hydrogen-bond donors (Lipinski definition) is 3. The van der Waals surface area contributed by atoms with Crippen molar-refractivity contribution in [1.29, 1.82) is 0 Å². The van der Waals surface area contributed by atoms with Crippen LogP contribution in [0, 0.1) is 0 Å². The molecule has 0 aromatic heterocycles. The van der Waals surface area contributed by atoms with Gasteiger partial charge in [-0.25, -0.2) is 0 Å². The summed E-state index contributed by atoms with van der Waals surface area (Å²) in [6.07, 6.45) is -1.08. The number of ether oxygens (including phenoxy) is 1. The van der Waals surface area contributed by atoms with Crippen LogP contribution < -0.4 is 20.7 Å². The Hall–Kier alpha value is -0.770. The molecule has 2 aromatic carbocycles. The summed E-state index contributed by atoms with van der Waals surface area (Å²) >= 11 is 30.2. The molecule has 28 heavy (non-hydrogen) atoms. The van der Waals surface area contributed by atoms with Gasteiger partial charge >= 0.3 is 0 Å². The molecule has 11 heteroatoms. The van der Waals surface area contributed by atoms with Gasteiger partial charge in [-0.1, -0.05) is 53.0 Å². The standard InChI is InChI=1S/C17H14Br2Cl3N3O2S/c1-27-10-7-11(18)13(12(19)8-10)23-16(28)25-15(17(20,21)22)24-14(26)9-5-3-2-4-6-9/h2-8,15H,1H3,(H,24,26)(H2,23,25,28). The number of alkyl halides is 3. The molecule has 0 aliphatic carbocycles. The summed E-state index contributed by atoms with van der Waals surface area (Å²) in [5, 5.41) is 8.55. The molecule has 2 aromatic rings. The molecule has 2 rings (SSSR count). The van der Waals surface area contributed by atoms with Crippen LogP contribution in [0.1, 0.15) is 10.4 Å². The topological polar surface area (TPSA) is 62.4 Å². The van der Waals surface area contributed by atoms with Crippen molar-refractivity contribution in [1.82, 2.24) is 10.6 Å². The third kappa shape index (κ3) is 6.64. The van der Waals surface area contributed by atoms with E-state index in [0.29, 0.717) is 25.9 Å². The largest absolute Gasteiger partial charge is 0.497 e. The molecule has 0 radical (unpaired) electrons. The minimum atomic E-state index is -1.86. The number of carbonyl (C=O) groups is 1. The fourth-order valence-electron chi connectivity index (χ4n) is 2.07. The number of carbonyl (C=O) groups excluding carboxylic acids is 1. The molecule has 150 valence electrons. The van der Waals surface area contributed by atoms with Crippen LogP contribution in [-0.2, 0) is 0 Å². The summed E-state index contributed by atoms with van der Waals surface area (Å²) in [6.45, 7) is 0. The predicted molar refractivity (Wildman–Crippen MR) is 126 cm³/mol. The van der Waals surface area contributed by atoms with Gasteiger partial charge in [-0.2, -0.15) is 0 Å². The van der Waals surface area contributed by atoms with Gasteiger partial charge in [-0.05, 0) is 68.3 Å². The van der Waals surface area contributed by atoms with E-state index in [1.165, 1.54) is 0 Å². The zero-order valence-corrected chi connectivity index (χ0v) is 20.5. The summed E-state index contributed by atoms with van der Waals surface area (Å²) in [5.41, 5.74) is 1.05. The highest BCUT2D eigenvalue weighted by Crippen LogP contribution is 2.35. The van der Waals surface area contributed by atoms with E-state index in [4.69, 9.17) is 51.8 Å². The molecule has 0 fully saturated rings. The average Bonchev–Trinajstić information content (AvgIpc) is 2.63. The summed E-state index contributed by atoms with van der Waals surface area (Å²) in [6, 6.07) is 12.1. The number of anilines is 1. The quantitative estimate of drug-likeness (QED) is 0.239. The summed E-state index contributed by atoms with van der Waals surface area (Å²) in [4.78, 5) is 12.4. The normalized spacial score (nSPS) is 12.1. The van der Waals surface area contributed by atoms with E-state index in [9.17, 15) is 4.79 Å². The van der Waals surface area contributed by atoms with Crippen LogP contribution in [0.3, 0.4) is 0 Å². The third-order valence-electron chi connectivity index (χ3n) is 3.40. The Balaban J connectivity index is 2.13. The molecular formula is C17H14Br2Cl3N3O2S. The summed E-state index contributed by atoms with van der Waals surface area (Å²) < 4.78 is 4.73. The first-order chi connectivity index (χ1) is 13.1. The Morgan fingerprint density at radius 2 is 1.68 bits per heavy atom. The van der Waals surface area contributed by atoms with Crippen molar-refractivity contribution >= 4 is 95.6 Å². The number of methoxy groups -OCH3 is 1. The fraction of sp³-hybridized carbons (Fsp3) is 0.176. The Labute approximate surface area is 199 Å². The highest BCUT2D eigenvalue weighted by molar-refractivity contribution is 9.11. The van der Waals surface area contributed by atoms with Crippen molar-refractivity contribution in [2.45, 2.75) is 9.96 Å². The van der Waals surface area contributed by atoms with E-state index < -0.39 is 15.9 Å². The first-order valence-corrected chi connectivity index (χ1v) is 10.8. The van der Waals surface area contributed by atoms with Gasteiger partial charge in [0, 0.05) is 14.5 Å². The number of nitrogens with one attached hydrogen (secondary N) is 3. The van der Waals surface area contributed by atoms with Crippen LogP contribution in [0.15, 0.2) is 51.4 Å². The van der Waals surface area contributed by atoms with E-state index in [1.54, 1.807) is 49.6 Å². The highest BCUT2D eigenvalue weighted by Gasteiger charge is 2.35. The second-order valence-electron chi connectivity index (χ2n) is 5.38. The van der Waals surface area contributed by atoms with Crippen molar-refractivity contribution in [2.24, 2.45) is 0 Å². The maximum Gasteiger partial charge on any atom is 0.252 e. The second kappa shape index (κ2) is 10.3. The second-order valence-corrected chi connectivity index (χ2v) is 9.86. The Bertz CT molecular complexity index is 843. The summed E-state index contributed by atoms with van der Waals surface area (Å²) in [5.74, 6) is 0.233. The number of thiocarbonyl (C=S) groups is 1. The molecular weight excluding hydrogens is 576 g/mol. The Morgan fingerprint density at radius 3 is 2.18 bits per heavy atom. The zero-order valence-electron chi connectivity index (χ0n) is 14.2. The molecule has 0 bridgehead atoms. The van der Waals surface area contributed by atoms with Gasteiger partial charge in [-0.15, -0.1) is 0 Å². The van der Waals surface area contributed by atoms with Gasteiger partial charge in [0.2, 0.25) is 3.79 Å². The van der Waals surface area contributed by atoms with E-state index in [1.807, 2.05) is 0 Å². The number of benzene rings is 2. The van der Waals surface area contributed by atoms with E-state index in [0.717, 1.165) is 0 Å². The molecule has 0 spiro atoms. The van der Waals surface area contributed by atoms with Crippen molar-refractivity contribution in [2.75, 3.05) is 12.4 Å². The predicted octanol–water partition coefficient (Wildman–Crippen LogP) is 5.63. The van der Waals surface area contributed by atoms with Crippen LogP contribution in [0.25, 0.3) is 0 Å². The minimum absolute atomic E-state index is 0.135. The molecule has 0 aliphatic heterocycles. The van der Waals surface area contributed by atoms with E-state index in [2.05, 4.69) is 47.8 Å². The molecule has 1 amide bonds. The van der Waals surface area contributed by atoms with Gasteiger partial charge in [0.1, 0.15) is 11.9 Å². The number of amides is 1. The van der Waals surface area contributed by atoms with Gasteiger partial charge in [0.15, 0.2) is 5.11 Å². The van der Waals surface area contributed by atoms with E-state index >= 15 is 0 Å². The number of hydrogen-bond acceptors (Lipinski definition) is 3. The number of rotatable bonds is 5. The lowest BCUT2D eigenvalue weighted by atomic mass is 10.2. The molecule has 3 N–H and O–H groups in total. The Morgan fingerprint density at radius 1 is 1.11 bits per heavy atom. The van der Waals surface area contributed by atoms with Crippen molar-refractivity contribution in [3.8, 4) is 5.75 Å². The van der Waals surface area contributed by atoms with Crippen LogP contribution in [-0.4, -0.2) is 28.1 Å². The highest BCUT2D eigenvalue weighted by atomic mass is 79.9. The van der Waals surface area contributed by atoms with Gasteiger partial charge in [0.25, 0.3) is 5.91 Å². The molecule has 0 saturated heterocycles. The van der Waals surface area contributed by atoms with Crippen LogP contribution in [0.5, 0.6) is 5.75 Å².